The summed E-state index contributed by atoms with van der Waals surface area (Å²) in [6.45, 7) is 18.9. The van der Waals surface area contributed by atoms with E-state index in [1.165, 1.54) is 77.0 Å². The summed E-state index contributed by atoms with van der Waals surface area (Å²) in [6, 6.07) is 27.6. The van der Waals surface area contributed by atoms with Crippen LogP contribution in [-0.4, -0.2) is 111 Å². The second-order valence-electron chi connectivity index (χ2n) is 38.0. The Bertz CT molecular complexity index is 3350. The lowest BCUT2D eigenvalue weighted by Crippen LogP contribution is -2.66. The summed E-state index contributed by atoms with van der Waals surface area (Å²) < 4.78 is 83.8. The number of carbonyl (C=O) groups is 7. The monoisotopic (exact) mass is 1880 g/mol. The third kappa shape index (κ3) is 58.1. The summed E-state index contributed by atoms with van der Waals surface area (Å²) in [7, 11) is -7.54. The van der Waals surface area contributed by atoms with Gasteiger partial charge in [0.05, 0.1) is 57.6 Å². The number of carbonyl (C=O) groups excluding carboxylic acids is 7. The van der Waals surface area contributed by atoms with Gasteiger partial charge in [0.1, 0.15) is 37.1 Å². The Morgan fingerprint density at radius 1 is 0.348 bits per heavy atom. The van der Waals surface area contributed by atoms with Crippen molar-refractivity contribution in [1.82, 2.24) is 10.6 Å². The van der Waals surface area contributed by atoms with Gasteiger partial charge in [-0.3, -0.25) is 47.1 Å². The highest BCUT2D eigenvalue weighted by Gasteiger charge is 2.54. The third-order valence-electron chi connectivity index (χ3n) is 26.4. The van der Waals surface area contributed by atoms with E-state index in [1.807, 2.05) is 91.0 Å². The first-order chi connectivity index (χ1) is 64.4. The first-order valence-corrected chi connectivity index (χ1v) is 57.9. The predicted molar refractivity (Wildman–Crippen MR) is 537 cm³/mol. The van der Waals surface area contributed by atoms with Gasteiger partial charge in [0.2, 0.25) is 11.8 Å². The molecule has 1 saturated heterocycles. The lowest BCUT2D eigenvalue weighted by atomic mass is 9.88. The van der Waals surface area contributed by atoms with Gasteiger partial charge in [-0.2, -0.15) is 0 Å². The molecule has 0 unspecified atom stereocenters. The molecular formula is C110H187N2O18PSi. The molecule has 3 aromatic carbocycles. The highest BCUT2D eigenvalue weighted by molar-refractivity contribution is 7.48. The molecule has 0 bridgehead atoms. The second-order valence-corrected chi connectivity index (χ2v) is 44.4. The van der Waals surface area contributed by atoms with E-state index in [2.05, 4.69) is 72.9 Å². The van der Waals surface area contributed by atoms with Crippen LogP contribution in [0, 0.1) is 0 Å². The molecule has 1 aliphatic heterocycles. The van der Waals surface area contributed by atoms with Gasteiger partial charge in [-0.1, -0.05) is 423 Å². The van der Waals surface area contributed by atoms with Gasteiger partial charge in [-0.25, -0.2) is 4.57 Å². The number of esters is 5. The van der Waals surface area contributed by atoms with Crippen molar-refractivity contribution in [2.45, 2.75) is 540 Å². The zero-order valence-electron chi connectivity index (χ0n) is 84.5. The van der Waals surface area contributed by atoms with Crippen molar-refractivity contribution in [3.63, 3.8) is 0 Å². The normalized spacial score (nSPS) is 16.1. The van der Waals surface area contributed by atoms with Gasteiger partial charge in [0.15, 0.2) is 14.4 Å². The van der Waals surface area contributed by atoms with E-state index in [9.17, 15) is 19.2 Å². The maximum atomic E-state index is 16.5. The number of phosphoric acid groups is 1. The van der Waals surface area contributed by atoms with Crippen LogP contribution in [0.15, 0.2) is 91.0 Å². The van der Waals surface area contributed by atoms with Crippen molar-refractivity contribution in [3.05, 3.63) is 108 Å². The van der Waals surface area contributed by atoms with Crippen LogP contribution >= 0.6 is 7.82 Å². The molecule has 22 heteroatoms. The summed E-state index contributed by atoms with van der Waals surface area (Å²) in [6.07, 6.45) is 42.5. The molecule has 0 radical (unpaired) electrons. The first kappa shape index (κ1) is 119. The zero-order chi connectivity index (χ0) is 95.4. The molecule has 2 amide bonds. The summed E-state index contributed by atoms with van der Waals surface area (Å²) in [4.78, 5) is 104. The Kier molecular flexibility index (Phi) is 70.2. The van der Waals surface area contributed by atoms with E-state index >= 15 is 18.9 Å². The Labute approximate surface area is 803 Å². The molecule has 20 nitrogen and oxygen atoms in total. The highest BCUT2D eigenvalue weighted by atomic mass is 31.2. The lowest BCUT2D eigenvalue weighted by Gasteiger charge is -2.47. The average molecular weight is 1880 g/mol. The first-order valence-electron chi connectivity index (χ1n) is 53.9. The maximum absolute atomic E-state index is 16.5. The largest absolute Gasteiger partial charge is 0.475 e. The number of hydrogen-bond donors (Lipinski definition) is 2. The van der Waals surface area contributed by atoms with Crippen LogP contribution < -0.4 is 10.6 Å². The maximum Gasteiger partial charge on any atom is 0.475 e. The molecule has 9 atom stereocenters. The predicted octanol–water partition coefficient (Wildman–Crippen LogP) is 29.6. The molecule has 2 N–H and O–H groups in total. The molecule has 0 spiro atoms. The number of phosphoric ester groups is 1. The second kappa shape index (κ2) is 78.1. The van der Waals surface area contributed by atoms with Crippen LogP contribution in [-0.2, 0) is 104 Å². The fourth-order valence-electron chi connectivity index (χ4n) is 17.8. The zero-order valence-corrected chi connectivity index (χ0v) is 86.4. The van der Waals surface area contributed by atoms with E-state index in [0.717, 1.165) is 223 Å². The highest BCUT2D eigenvalue weighted by Crippen LogP contribution is 2.54. The molecule has 3 aromatic rings. The molecule has 1 fully saturated rings. The fourth-order valence-corrected chi connectivity index (χ4v) is 21.8. The van der Waals surface area contributed by atoms with Crippen LogP contribution in [0.25, 0.3) is 0 Å². The average Bonchev–Trinajstić information content (AvgIpc) is 0.769. The standard InChI is InChI=1S/C110H187N2O18PSi/c1-10-19-25-31-37-40-46-49-64-76-96(125-103(115)79-67-52-43-34-28-22-13-4)85-101(113)111-95(84-106(118)121-88-92-70-58-55-59-71-92)82-83-99-108(112-102(114)86-97(77-65-50-47-41-38-32-26-20-11-2)126-104(116)80-68-53-44-35-29-23-14-5)110(129-107(119)87-98(78-66-51-48-42-39-33-27-21-12-3)127-105(117)81-69-54-45-36-30-24-15-6)109(100(128-99)91-124-132(16-7,17-8)18-9)130-131(120,122-89-93-72-60-56-61-73-93)123-90-94-74-62-57-63-75-94/h55-63,70-75,95-100,108-110H,10-54,64-69,76-91H2,1-9H3,(H,111,113)(H,112,114)/t95-,96+,97+,98+,99-,100+,108-,109+,110+/m0/s1. The minimum atomic E-state index is -4.92. The van der Waals surface area contributed by atoms with E-state index in [4.69, 9.17) is 46.4 Å². The summed E-state index contributed by atoms with van der Waals surface area (Å²) >= 11 is 0. The molecular weight excluding hydrogens is 1700 g/mol. The van der Waals surface area contributed by atoms with Crippen molar-refractivity contribution in [2.24, 2.45) is 0 Å². The minimum absolute atomic E-state index is 0.00728. The van der Waals surface area contributed by atoms with Crippen LogP contribution in [0.3, 0.4) is 0 Å². The summed E-state index contributed by atoms with van der Waals surface area (Å²) in [5, 5.41) is 6.56. The molecule has 1 heterocycles. The number of benzene rings is 3. The van der Waals surface area contributed by atoms with Gasteiger partial charge < -0.3 is 43.5 Å². The van der Waals surface area contributed by atoms with Gasteiger partial charge in [-0.05, 0) is 105 Å². The lowest BCUT2D eigenvalue weighted by molar-refractivity contribution is -0.210. The SMILES string of the molecule is CCCCCCCCCCC[C@H](CC(=O)N[C@@H](CC[C@@H]1O[C@H](CO[Si](CC)(CC)CC)[C@@H](OP(=O)(OCc2ccccc2)OCc2ccccc2)[C@H](OC(=O)C[C@@H](CCCCCCCCCCC)OC(=O)CCCCCCCCC)[C@H]1NC(=O)C[C@@H](CCCCCCCCCCC)OC(=O)CCCCCCCCC)CC(=O)OCc1ccccc1)OC(=O)CCCCCCCCC. The Morgan fingerprint density at radius 3 is 1.03 bits per heavy atom. The van der Waals surface area contributed by atoms with E-state index in [-0.39, 0.29) is 96.2 Å². The summed E-state index contributed by atoms with van der Waals surface area (Å²) in [5.41, 5.74) is 2.07. The number of hydrogen-bond acceptors (Lipinski definition) is 18. The van der Waals surface area contributed by atoms with Crippen LogP contribution in [0.1, 0.15) is 464 Å². The van der Waals surface area contributed by atoms with Crippen molar-refractivity contribution in [3.8, 4) is 0 Å². The molecule has 754 valence electrons. The molecule has 4 rings (SSSR count). The minimum Gasteiger partial charge on any atom is -0.462 e. The third-order valence-corrected chi connectivity index (χ3v) is 32.4. The number of unbranched alkanes of at least 4 members (excludes halogenated alkanes) is 42. The van der Waals surface area contributed by atoms with E-state index in [0.29, 0.717) is 62.5 Å². The van der Waals surface area contributed by atoms with E-state index < -0.39 is 101 Å². The van der Waals surface area contributed by atoms with Crippen LogP contribution in [0.4, 0.5) is 0 Å². The molecule has 0 aliphatic carbocycles. The topological polar surface area (TPSA) is 253 Å². The Balaban J connectivity index is 2.05. The van der Waals surface area contributed by atoms with Gasteiger partial charge in [0.25, 0.3) is 0 Å². The van der Waals surface area contributed by atoms with Crippen molar-refractivity contribution in [1.29, 1.82) is 0 Å². The van der Waals surface area contributed by atoms with Gasteiger partial charge >= 0.3 is 37.7 Å². The van der Waals surface area contributed by atoms with Gasteiger partial charge in [-0.15, -0.1) is 0 Å². The number of nitrogens with one attached hydrogen (secondary N) is 2. The Morgan fingerprint density at radius 2 is 0.674 bits per heavy atom. The summed E-state index contributed by atoms with van der Waals surface area (Å²) in [5.74, 6) is -3.55. The van der Waals surface area contributed by atoms with E-state index in [1.54, 1.807) is 0 Å². The van der Waals surface area contributed by atoms with Crippen LogP contribution in [0.2, 0.25) is 18.1 Å². The van der Waals surface area contributed by atoms with Gasteiger partial charge in [0, 0.05) is 25.3 Å². The quantitative estimate of drug-likeness (QED) is 0.0175. The smallest absolute Gasteiger partial charge is 0.462 e. The molecule has 0 saturated carbocycles. The Hall–Kier alpha value is -5.80. The molecule has 132 heavy (non-hydrogen) atoms. The van der Waals surface area contributed by atoms with Crippen LogP contribution in [0.5, 0.6) is 0 Å². The fraction of sp³-hybridized carbons (Fsp3) is 0.773. The number of ether oxygens (including phenoxy) is 6. The molecule has 0 aromatic heterocycles. The van der Waals surface area contributed by atoms with Crippen molar-refractivity contribution in [2.75, 3.05) is 6.61 Å². The van der Waals surface area contributed by atoms with Crippen molar-refractivity contribution >= 4 is 57.8 Å². The molecule has 1 aliphatic rings. The number of amides is 2. The number of rotatable bonds is 87. The van der Waals surface area contributed by atoms with Crippen molar-refractivity contribution < 1.29 is 84.5 Å².